The number of anilines is 1. The quantitative estimate of drug-likeness (QED) is 0.808. The summed E-state index contributed by atoms with van der Waals surface area (Å²) in [4.78, 5) is 25.1. The summed E-state index contributed by atoms with van der Waals surface area (Å²) >= 11 is 0. The van der Waals surface area contributed by atoms with Gasteiger partial charge < -0.3 is 20.1 Å². The number of carboxylic acid groups (broad SMARTS) is 1. The number of amides is 1. The SMILES string of the molecule is CCNC1COCC1C(=O)N(CC(=O)O)c1ccccc1. The van der Waals surface area contributed by atoms with E-state index >= 15 is 0 Å². The molecule has 2 unspecified atom stereocenters. The number of nitrogens with zero attached hydrogens (tertiary/aromatic N) is 1. The molecule has 1 aromatic carbocycles. The number of carboxylic acids is 1. The minimum absolute atomic E-state index is 0.0671. The number of benzene rings is 1. The van der Waals surface area contributed by atoms with Gasteiger partial charge in [-0.3, -0.25) is 9.59 Å². The summed E-state index contributed by atoms with van der Waals surface area (Å²) in [5, 5.41) is 12.3. The third-order valence-electron chi connectivity index (χ3n) is 3.49. The maximum atomic E-state index is 12.7. The van der Waals surface area contributed by atoms with Crippen molar-refractivity contribution in [3.63, 3.8) is 0 Å². The van der Waals surface area contributed by atoms with Gasteiger partial charge >= 0.3 is 5.97 Å². The molecule has 1 fully saturated rings. The lowest BCUT2D eigenvalue weighted by Crippen LogP contribution is -2.47. The average Bonchev–Trinajstić information content (AvgIpc) is 2.93. The molecule has 1 heterocycles. The molecule has 0 saturated carbocycles. The fourth-order valence-electron chi connectivity index (χ4n) is 2.50. The summed E-state index contributed by atoms with van der Waals surface area (Å²) in [7, 11) is 0. The Morgan fingerprint density at radius 1 is 1.33 bits per heavy atom. The van der Waals surface area contributed by atoms with Crippen molar-refractivity contribution in [3.05, 3.63) is 30.3 Å². The molecular weight excluding hydrogens is 272 g/mol. The second-order valence-electron chi connectivity index (χ2n) is 4.96. The molecule has 2 N–H and O–H groups in total. The molecule has 6 nitrogen and oxygen atoms in total. The van der Waals surface area contributed by atoms with Crippen molar-refractivity contribution in [1.29, 1.82) is 0 Å². The summed E-state index contributed by atoms with van der Waals surface area (Å²) in [6.07, 6.45) is 0. The monoisotopic (exact) mass is 292 g/mol. The van der Waals surface area contributed by atoms with Crippen molar-refractivity contribution in [1.82, 2.24) is 5.32 Å². The highest BCUT2D eigenvalue weighted by atomic mass is 16.5. The lowest BCUT2D eigenvalue weighted by Gasteiger charge is -2.26. The Bertz CT molecular complexity index is 492. The van der Waals surface area contributed by atoms with E-state index in [-0.39, 0.29) is 24.4 Å². The summed E-state index contributed by atoms with van der Waals surface area (Å²) < 4.78 is 5.38. The molecule has 0 radical (unpaired) electrons. The molecule has 21 heavy (non-hydrogen) atoms. The zero-order valence-corrected chi connectivity index (χ0v) is 12.0. The van der Waals surface area contributed by atoms with Crippen LogP contribution in [0.2, 0.25) is 0 Å². The molecule has 1 saturated heterocycles. The van der Waals surface area contributed by atoms with E-state index in [1.807, 2.05) is 13.0 Å². The Balaban J connectivity index is 2.20. The molecule has 6 heteroatoms. The second kappa shape index (κ2) is 7.19. The number of nitrogens with one attached hydrogen (secondary N) is 1. The van der Waals surface area contributed by atoms with Crippen LogP contribution in [0.25, 0.3) is 0 Å². The molecule has 1 aliphatic rings. The van der Waals surface area contributed by atoms with E-state index in [9.17, 15) is 9.59 Å². The zero-order chi connectivity index (χ0) is 15.2. The van der Waals surface area contributed by atoms with Crippen molar-refractivity contribution >= 4 is 17.6 Å². The molecule has 0 bridgehead atoms. The van der Waals surface area contributed by atoms with Crippen molar-refractivity contribution < 1.29 is 19.4 Å². The topological polar surface area (TPSA) is 78.9 Å². The first-order valence-electron chi connectivity index (χ1n) is 7.02. The van der Waals surface area contributed by atoms with Gasteiger partial charge in [-0.15, -0.1) is 0 Å². The van der Waals surface area contributed by atoms with Gasteiger partial charge in [-0.05, 0) is 18.7 Å². The van der Waals surface area contributed by atoms with Crippen LogP contribution in [0.4, 0.5) is 5.69 Å². The van der Waals surface area contributed by atoms with Gasteiger partial charge in [0.15, 0.2) is 0 Å². The van der Waals surface area contributed by atoms with Gasteiger partial charge in [0.25, 0.3) is 0 Å². The van der Waals surface area contributed by atoms with E-state index in [2.05, 4.69) is 5.32 Å². The number of likely N-dealkylation sites (N-methyl/N-ethyl adjacent to an activating group) is 1. The highest BCUT2D eigenvalue weighted by Crippen LogP contribution is 2.21. The van der Waals surface area contributed by atoms with Gasteiger partial charge in [-0.25, -0.2) is 0 Å². The fraction of sp³-hybridized carbons (Fsp3) is 0.467. The van der Waals surface area contributed by atoms with Gasteiger partial charge in [0.05, 0.1) is 19.1 Å². The summed E-state index contributed by atoms with van der Waals surface area (Å²) in [5.41, 5.74) is 0.590. The van der Waals surface area contributed by atoms with E-state index in [0.717, 1.165) is 6.54 Å². The van der Waals surface area contributed by atoms with E-state index in [1.165, 1.54) is 4.90 Å². The lowest BCUT2D eigenvalue weighted by molar-refractivity contribution is -0.137. The molecule has 1 amide bonds. The van der Waals surface area contributed by atoms with Crippen LogP contribution in [0, 0.1) is 5.92 Å². The van der Waals surface area contributed by atoms with Gasteiger partial charge in [0.1, 0.15) is 6.54 Å². The average molecular weight is 292 g/mol. The smallest absolute Gasteiger partial charge is 0.323 e. The van der Waals surface area contributed by atoms with Gasteiger partial charge in [-0.1, -0.05) is 25.1 Å². The number of hydrogen-bond donors (Lipinski definition) is 2. The van der Waals surface area contributed by atoms with Crippen molar-refractivity contribution in [3.8, 4) is 0 Å². The van der Waals surface area contributed by atoms with Crippen molar-refractivity contribution in [2.24, 2.45) is 5.92 Å². The molecular formula is C15H20N2O4. The van der Waals surface area contributed by atoms with E-state index < -0.39 is 5.97 Å². The van der Waals surface area contributed by atoms with Crippen LogP contribution < -0.4 is 10.2 Å². The minimum atomic E-state index is -1.04. The molecule has 0 aromatic heterocycles. The van der Waals surface area contributed by atoms with E-state index in [1.54, 1.807) is 24.3 Å². The van der Waals surface area contributed by atoms with Crippen molar-refractivity contribution in [2.75, 3.05) is 31.2 Å². The highest BCUT2D eigenvalue weighted by molar-refractivity contribution is 5.99. The van der Waals surface area contributed by atoms with E-state index in [4.69, 9.17) is 9.84 Å². The molecule has 1 aromatic rings. The lowest BCUT2D eigenvalue weighted by atomic mass is 10.0. The van der Waals surface area contributed by atoms with Crippen molar-refractivity contribution in [2.45, 2.75) is 13.0 Å². The maximum absolute atomic E-state index is 12.7. The molecule has 2 atom stereocenters. The third kappa shape index (κ3) is 3.80. The number of carbonyl (C=O) groups excluding carboxylic acids is 1. The zero-order valence-electron chi connectivity index (χ0n) is 12.0. The van der Waals surface area contributed by atoms with Gasteiger partial charge in [0, 0.05) is 11.7 Å². The molecule has 0 aliphatic carbocycles. The number of rotatable bonds is 6. The first-order chi connectivity index (χ1) is 10.1. The summed E-state index contributed by atoms with van der Waals surface area (Å²) in [6.45, 7) is 3.14. The standard InChI is InChI=1S/C15H20N2O4/c1-2-16-13-10-21-9-12(13)15(20)17(8-14(18)19)11-6-4-3-5-7-11/h3-7,12-13,16H,2,8-10H2,1H3,(H,18,19). The largest absolute Gasteiger partial charge is 0.480 e. The van der Waals surface area contributed by atoms with Crippen LogP contribution in [0.1, 0.15) is 6.92 Å². The fourth-order valence-corrected chi connectivity index (χ4v) is 2.50. The first kappa shape index (κ1) is 15.5. The first-order valence-corrected chi connectivity index (χ1v) is 7.02. The Morgan fingerprint density at radius 2 is 2.05 bits per heavy atom. The normalized spacial score (nSPS) is 21.2. The maximum Gasteiger partial charge on any atom is 0.323 e. The Hall–Kier alpha value is -1.92. The van der Waals surface area contributed by atoms with E-state index in [0.29, 0.717) is 18.9 Å². The number of aliphatic carboxylic acids is 1. The van der Waals surface area contributed by atoms with Gasteiger partial charge in [0.2, 0.25) is 5.91 Å². The van der Waals surface area contributed by atoms with Crippen LogP contribution in [0.3, 0.4) is 0 Å². The number of para-hydroxylation sites is 1. The molecule has 114 valence electrons. The third-order valence-corrected chi connectivity index (χ3v) is 3.49. The minimum Gasteiger partial charge on any atom is -0.480 e. The summed E-state index contributed by atoms with van der Waals surface area (Å²) in [5.74, 6) is -1.61. The molecule has 1 aliphatic heterocycles. The number of hydrogen-bond acceptors (Lipinski definition) is 4. The van der Waals surface area contributed by atoms with Crippen LogP contribution in [-0.2, 0) is 14.3 Å². The Kier molecular flexibility index (Phi) is 5.30. The van der Waals surface area contributed by atoms with Crippen LogP contribution >= 0.6 is 0 Å². The Morgan fingerprint density at radius 3 is 2.67 bits per heavy atom. The predicted octanol–water partition coefficient (Wildman–Crippen LogP) is 0.729. The molecule has 0 spiro atoms. The predicted molar refractivity (Wildman–Crippen MR) is 78.2 cm³/mol. The Labute approximate surface area is 123 Å². The second-order valence-corrected chi connectivity index (χ2v) is 4.96. The highest BCUT2D eigenvalue weighted by Gasteiger charge is 2.37. The van der Waals surface area contributed by atoms with Gasteiger partial charge in [-0.2, -0.15) is 0 Å². The number of carbonyl (C=O) groups is 2. The van der Waals surface area contributed by atoms with Crippen LogP contribution in [-0.4, -0.2) is 49.3 Å². The van der Waals surface area contributed by atoms with Crippen LogP contribution in [0.5, 0.6) is 0 Å². The molecule has 2 rings (SSSR count). The summed E-state index contributed by atoms with van der Waals surface area (Å²) in [6, 6.07) is 8.79. The van der Waals surface area contributed by atoms with Crippen LogP contribution in [0.15, 0.2) is 30.3 Å². The number of ether oxygens (including phenoxy) is 1.